The number of nitrogens with two attached hydrogens (primary N) is 1. The molecule has 0 spiro atoms. The largest absolute Gasteiger partial charge is 0.337 e. The van der Waals surface area contributed by atoms with Crippen LogP contribution in [-0.2, 0) is 9.84 Å². The number of carbonyl (C=O) groups excluding carboxylic acids is 1. The Bertz CT molecular complexity index is 613. The summed E-state index contributed by atoms with van der Waals surface area (Å²) in [5, 5.41) is 0. The van der Waals surface area contributed by atoms with E-state index in [1.54, 1.807) is 17.0 Å². The molecular weight excluding hydrogens is 276 g/mol. The van der Waals surface area contributed by atoms with Crippen LogP contribution in [0.2, 0.25) is 0 Å². The number of amides is 1. The van der Waals surface area contributed by atoms with Gasteiger partial charge in [-0.1, -0.05) is 13.0 Å². The lowest BCUT2D eigenvalue weighted by atomic mass is 9.94. The zero-order valence-electron chi connectivity index (χ0n) is 11.7. The van der Waals surface area contributed by atoms with Gasteiger partial charge in [0.05, 0.1) is 4.90 Å². The maximum atomic E-state index is 12.4. The van der Waals surface area contributed by atoms with E-state index in [0.717, 1.165) is 12.7 Å². The molecule has 0 bridgehead atoms. The van der Waals surface area contributed by atoms with Gasteiger partial charge in [0.15, 0.2) is 9.84 Å². The van der Waals surface area contributed by atoms with Crippen molar-refractivity contribution in [2.24, 2.45) is 11.7 Å². The number of carbonyl (C=O) groups is 1. The molecule has 2 unspecified atom stereocenters. The van der Waals surface area contributed by atoms with Gasteiger partial charge in [-0.25, -0.2) is 8.42 Å². The predicted molar refractivity (Wildman–Crippen MR) is 77.2 cm³/mol. The molecule has 2 N–H and O–H groups in total. The molecule has 1 aliphatic rings. The highest BCUT2D eigenvalue weighted by atomic mass is 32.2. The van der Waals surface area contributed by atoms with E-state index in [4.69, 9.17) is 5.73 Å². The molecule has 0 aromatic heterocycles. The van der Waals surface area contributed by atoms with Gasteiger partial charge in [-0.2, -0.15) is 0 Å². The Morgan fingerprint density at radius 2 is 2.10 bits per heavy atom. The summed E-state index contributed by atoms with van der Waals surface area (Å²) in [5.74, 6) is 0.249. The number of hydrogen-bond acceptors (Lipinski definition) is 4. The lowest BCUT2D eigenvalue weighted by molar-refractivity contribution is 0.0672. The van der Waals surface area contributed by atoms with E-state index in [1.165, 1.54) is 12.1 Å². The van der Waals surface area contributed by atoms with Crippen LogP contribution in [0, 0.1) is 5.92 Å². The quantitative estimate of drug-likeness (QED) is 0.879. The minimum atomic E-state index is -3.30. The van der Waals surface area contributed by atoms with Crippen molar-refractivity contribution >= 4 is 15.7 Å². The molecule has 2 atom stereocenters. The van der Waals surface area contributed by atoms with E-state index in [1.807, 2.05) is 0 Å². The molecule has 5 nitrogen and oxygen atoms in total. The molecule has 20 heavy (non-hydrogen) atoms. The fourth-order valence-electron chi connectivity index (χ4n) is 2.33. The van der Waals surface area contributed by atoms with Gasteiger partial charge in [-0.15, -0.1) is 0 Å². The molecule has 1 aromatic rings. The second-order valence-corrected chi connectivity index (χ2v) is 7.50. The second kappa shape index (κ2) is 5.54. The number of rotatable bonds is 2. The fourth-order valence-corrected chi connectivity index (χ4v) is 2.99. The molecular formula is C14H20N2O3S. The zero-order valence-corrected chi connectivity index (χ0v) is 12.6. The molecule has 0 saturated carbocycles. The normalized spacial score (nSPS) is 23.6. The predicted octanol–water partition coefficient (Wildman–Crippen LogP) is 0.899. The number of hydrogen-bond donors (Lipinski definition) is 1. The molecule has 1 fully saturated rings. The maximum absolute atomic E-state index is 12.4. The molecule has 2 rings (SSSR count). The van der Waals surface area contributed by atoms with Crippen molar-refractivity contribution in [2.75, 3.05) is 19.3 Å². The molecule has 1 heterocycles. The molecule has 6 heteroatoms. The average Bonchev–Trinajstić information content (AvgIpc) is 2.40. The van der Waals surface area contributed by atoms with Gasteiger partial charge in [0.25, 0.3) is 5.91 Å². The maximum Gasteiger partial charge on any atom is 0.253 e. The minimum Gasteiger partial charge on any atom is -0.337 e. The van der Waals surface area contributed by atoms with Crippen molar-refractivity contribution in [2.45, 2.75) is 24.3 Å². The first-order valence-corrected chi connectivity index (χ1v) is 8.53. The lowest BCUT2D eigenvalue weighted by Crippen LogP contribution is -2.49. The minimum absolute atomic E-state index is 0.0224. The van der Waals surface area contributed by atoms with Gasteiger partial charge in [0.1, 0.15) is 0 Å². The Kier molecular flexibility index (Phi) is 4.15. The standard InChI is InChI=1S/C14H20N2O3S/c1-10-6-7-16(9-13(10)15)14(17)11-4-3-5-12(8-11)20(2,18)19/h3-5,8,10,13H,6-7,9,15H2,1-2H3. The van der Waals surface area contributed by atoms with E-state index in [9.17, 15) is 13.2 Å². The van der Waals surface area contributed by atoms with Crippen molar-refractivity contribution in [3.63, 3.8) is 0 Å². The fraction of sp³-hybridized carbons (Fsp3) is 0.500. The van der Waals surface area contributed by atoms with E-state index >= 15 is 0 Å². The van der Waals surface area contributed by atoms with Crippen LogP contribution in [0.5, 0.6) is 0 Å². The van der Waals surface area contributed by atoms with Gasteiger partial charge in [-0.05, 0) is 30.5 Å². The highest BCUT2D eigenvalue weighted by Crippen LogP contribution is 2.19. The Morgan fingerprint density at radius 1 is 1.40 bits per heavy atom. The van der Waals surface area contributed by atoms with E-state index in [2.05, 4.69) is 6.92 Å². The topological polar surface area (TPSA) is 80.5 Å². The third-order valence-electron chi connectivity index (χ3n) is 3.81. The number of sulfone groups is 1. The van der Waals surface area contributed by atoms with Gasteiger partial charge in [-0.3, -0.25) is 4.79 Å². The van der Waals surface area contributed by atoms with Crippen molar-refractivity contribution in [1.82, 2.24) is 4.90 Å². The average molecular weight is 296 g/mol. The Balaban J connectivity index is 2.22. The van der Waals surface area contributed by atoms with Crippen molar-refractivity contribution in [3.8, 4) is 0 Å². The number of likely N-dealkylation sites (tertiary alicyclic amines) is 1. The number of benzene rings is 1. The molecule has 1 aromatic carbocycles. The first kappa shape index (κ1) is 15.0. The Hall–Kier alpha value is -1.40. The Morgan fingerprint density at radius 3 is 2.70 bits per heavy atom. The molecule has 0 radical (unpaired) electrons. The molecule has 110 valence electrons. The van der Waals surface area contributed by atoms with Crippen molar-refractivity contribution < 1.29 is 13.2 Å². The van der Waals surface area contributed by atoms with Crippen LogP contribution in [0.3, 0.4) is 0 Å². The molecule has 0 aliphatic carbocycles. The highest BCUT2D eigenvalue weighted by Gasteiger charge is 2.27. The summed E-state index contributed by atoms with van der Waals surface area (Å²) >= 11 is 0. The summed E-state index contributed by atoms with van der Waals surface area (Å²) in [4.78, 5) is 14.3. The van der Waals surface area contributed by atoms with Crippen LogP contribution < -0.4 is 5.73 Å². The van der Waals surface area contributed by atoms with Gasteiger partial charge in [0.2, 0.25) is 0 Å². The van der Waals surface area contributed by atoms with Gasteiger partial charge in [0, 0.05) is 31.0 Å². The van der Waals surface area contributed by atoms with Gasteiger partial charge >= 0.3 is 0 Å². The summed E-state index contributed by atoms with van der Waals surface area (Å²) in [7, 11) is -3.30. The van der Waals surface area contributed by atoms with Crippen LogP contribution in [-0.4, -0.2) is 44.6 Å². The molecule has 1 amide bonds. The second-order valence-electron chi connectivity index (χ2n) is 5.48. The number of nitrogens with zero attached hydrogens (tertiary/aromatic N) is 1. The van der Waals surface area contributed by atoms with E-state index < -0.39 is 9.84 Å². The summed E-state index contributed by atoms with van der Waals surface area (Å²) in [6.45, 7) is 3.26. The van der Waals surface area contributed by atoms with Crippen molar-refractivity contribution in [3.05, 3.63) is 29.8 Å². The van der Waals surface area contributed by atoms with Crippen LogP contribution in [0.4, 0.5) is 0 Å². The van der Waals surface area contributed by atoms with Crippen LogP contribution in [0.25, 0.3) is 0 Å². The smallest absolute Gasteiger partial charge is 0.253 e. The third-order valence-corrected chi connectivity index (χ3v) is 4.92. The van der Waals surface area contributed by atoms with Crippen LogP contribution in [0.15, 0.2) is 29.2 Å². The summed E-state index contributed by atoms with van der Waals surface area (Å²) in [6, 6.07) is 6.14. The zero-order chi connectivity index (χ0) is 14.9. The highest BCUT2D eigenvalue weighted by molar-refractivity contribution is 7.90. The van der Waals surface area contributed by atoms with Crippen LogP contribution in [0.1, 0.15) is 23.7 Å². The van der Waals surface area contributed by atoms with E-state index in [-0.39, 0.29) is 16.8 Å². The monoisotopic (exact) mass is 296 g/mol. The SMILES string of the molecule is CC1CCN(C(=O)c2cccc(S(C)(=O)=O)c2)CC1N. The Labute approximate surface area is 119 Å². The molecule has 1 saturated heterocycles. The van der Waals surface area contributed by atoms with E-state index in [0.29, 0.717) is 24.6 Å². The van der Waals surface area contributed by atoms with Gasteiger partial charge < -0.3 is 10.6 Å². The van der Waals surface area contributed by atoms with Crippen molar-refractivity contribution in [1.29, 1.82) is 0 Å². The van der Waals surface area contributed by atoms with Crippen LogP contribution >= 0.6 is 0 Å². The first-order chi connectivity index (χ1) is 9.29. The summed E-state index contributed by atoms with van der Waals surface area (Å²) in [6.07, 6.45) is 2.01. The molecule has 1 aliphatic heterocycles. The first-order valence-electron chi connectivity index (χ1n) is 6.64. The summed E-state index contributed by atoms with van der Waals surface area (Å²) < 4.78 is 23.1. The number of piperidine rings is 1. The third kappa shape index (κ3) is 3.19. The lowest BCUT2D eigenvalue weighted by Gasteiger charge is -2.35. The summed E-state index contributed by atoms with van der Waals surface area (Å²) in [5.41, 5.74) is 6.39.